The van der Waals surface area contributed by atoms with Crippen molar-refractivity contribution in [2.24, 2.45) is 0 Å². The van der Waals surface area contributed by atoms with Crippen molar-refractivity contribution < 1.29 is 14.3 Å². The summed E-state index contributed by atoms with van der Waals surface area (Å²) in [6.07, 6.45) is 4.60. The van der Waals surface area contributed by atoms with Crippen molar-refractivity contribution in [3.05, 3.63) is 46.2 Å². The van der Waals surface area contributed by atoms with E-state index in [1.54, 1.807) is 24.5 Å². The summed E-state index contributed by atoms with van der Waals surface area (Å²) in [5.74, 6) is 0.434. The molecular weight excluding hydrogens is 394 g/mol. The molecule has 0 atom stereocenters. The first-order valence-electron chi connectivity index (χ1n) is 8.94. The number of morpholine rings is 1. The van der Waals surface area contributed by atoms with E-state index in [9.17, 15) is 10.1 Å². The summed E-state index contributed by atoms with van der Waals surface area (Å²) in [5, 5.41) is 12.6. The topological polar surface area (TPSA) is 100 Å². The number of halogens is 1. The van der Waals surface area contributed by atoms with E-state index in [0.29, 0.717) is 41.2 Å². The van der Waals surface area contributed by atoms with Gasteiger partial charge >= 0.3 is 0 Å². The van der Waals surface area contributed by atoms with Gasteiger partial charge in [-0.1, -0.05) is 11.6 Å². The van der Waals surface area contributed by atoms with E-state index in [1.165, 1.54) is 13.2 Å². The summed E-state index contributed by atoms with van der Waals surface area (Å²) in [4.78, 5) is 23.2. The highest BCUT2D eigenvalue weighted by Gasteiger charge is 2.16. The van der Waals surface area contributed by atoms with Crippen LogP contribution in [0.5, 0.6) is 5.75 Å². The molecule has 1 aromatic carbocycles. The van der Waals surface area contributed by atoms with Crippen LogP contribution in [-0.2, 0) is 9.53 Å². The van der Waals surface area contributed by atoms with Crippen LogP contribution < -0.4 is 15.0 Å². The third kappa shape index (κ3) is 5.02. The fourth-order valence-electron chi connectivity index (χ4n) is 2.77. The molecule has 0 radical (unpaired) electrons. The van der Waals surface area contributed by atoms with E-state index < -0.39 is 5.91 Å². The van der Waals surface area contributed by atoms with E-state index in [0.717, 1.165) is 18.7 Å². The van der Waals surface area contributed by atoms with Crippen LogP contribution in [0.1, 0.15) is 11.1 Å². The molecule has 1 fully saturated rings. The van der Waals surface area contributed by atoms with Gasteiger partial charge in [-0.3, -0.25) is 4.79 Å². The van der Waals surface area contributed by atoms with Gasteiger partial charge in [-0.25, -0.2) is 9.97 Å². The summed E-state index contributed by atoms with van der Waals surface area (Å²) in [5.41, 5.74) is 1.67. The fourth-order valence-corrected chi connectivity index (χ4v) is 2.92. The Morgan fingerprint density at radius 3 is 2.66 bits per heavy atom. The van der Waals surface area contributed by atoms with E-state index in [4.69, 9.17) is 21.1 Å². The number of methoxy groups -OCH3 is 1. The number of carbonyl (C=O) groups is 1. The van der Waals surface area contributed by atoms with Gasteiger partial charge in [0.05, 0.1) is 26.0 Å². The number of nitrogens with zero attached hydrogens (tertiary/aromatic N) is 4. The Bertz CT molecular complexity index is 963. The minimum atomic E-state index is -0.565. The lowest BCUT2D eigenvalue weighted by molar-refractivity contribution is -0.112. The zero-order valence-electron chi connectivity index (χ0n) is 16.1. The molecule has 8 nitrogen and oxygen atoms in total. The van der Waals surface area contributed by atoms with Crippen LogP contribution in [0.25, 0.3) is 6.08 Å². The second kappa shape index (κ2) is 9.37. The predicted molar refractivity (Wildman–Crippen MR) is 110 cm³/mol. The minimum Gasteiger partial charge on any atom is -0.495 e. The Morgan fingerprint density at radius 1 is 1.34 bits per heavy atom. The average Bonchev–Trinajstić information content (AvgIpc) is 2.75. The molecule has 1 aromatic heterocycles. The van der Waals surface area contributed by atoms with E-state index in [1.807, 2.05) is 17.9 Å². The molecule has 0 saturated carbocycles. The lowest BCUT2D eigenvalue weighted by Crippen LogP contribution is -2.37. The van der Waals surface area contributed by atoms with Gasteiger partial charge in [0, 0.05) is 42.1 Å². The van der Waals surface area contributed by atoms with Crippen LogP contribution in [0.3, 0.4) is 0 Å². The maximum atomic E-state index is 12.6. The van der Waals surface area contributed by atoms with Crippen LogP contribution in [0.2, 0.25) is 5.02 Å². The van der Waals surface area contributed by atoms with Crippen LogP contribution in [-0.4, -0.2) is 49.3 Å². The van der Waals surface area contributed by atoms with Gasteiger partial charge in [-0.2, -0.15) is 5.26 Å². The largest absolute Gasteiger partial charge is 0.495 e. The first kappa shape index (κ1) is 20.6. The van der Waals surface area contributed by atoms with Gasteiger partial charge in [-0.15, -0.1) is 0 Å². The Balaban J connectivity index is 1.76. The standard InChI is InChI=1S/C20H20ClN5O3/c1-13-7-17(18(28-2)9-16(13)21)25-19(27)15(10-22)8-14-11-23-20(24-12-14)26-3-5-29-6-4-26/h7-9,11-12H,3-6H2,1-2H3,(H,25,27)/b15-8+. The summed E-state index contributed by atoms with van der Waals surface area (Å²) in [7, 11) is 1.48. The third-order valence-electron chi connectivity index (χ3n) is 4.36. The normalized spacial score (nSPS) is 14.3. The number of aromatic nitrogens is 2. The molecule has 0 aliphatic carbocycles. The van der Waals surface area contributed by atoms with Gasteiger partial charge in [0.2, 0.25) is 5.95 Å². The highest BCUT2D eigenvalue weighted by Crippen LogP contribution is 2.31. The van der Waals surface area contributed by atoms with Crippen molar-refractivity contribution in [1.82, 2.24) is 9.97 Å². The Hall–Kier alpha value is -3.15. The number of nitriles is 1. The number of amides is 1. The molecule has 0 unspecified atom stereocenters. The average molecular weight is 414 g/mol. The number of hydrogen-bond donors (Lipinski definition) is 1. The molecule has 1 aliphatic heterocycles. The van der Waals surface area contributed by atoms with Crippen molar-refractivity contribution in [3.8, 4) is 11.8 Å². The lowest BCUT2D eigenvalue weighted by Gasteiger charge is -2.26. The molecule has 1 saturated heterocycles. The molecule has 2 heterocycles. The molecule has 9 heteroatoms. The van der Waals surface area contributed by atoms with Crippen LogP contribution >= 0.6 is 11.6 Å². The van der Waals surface area contributed by atoms with Gasteiger partial charge < -0.3 is 19.7 Å². The Morgan fingerprint density at radius 2 is 2.03 bits per heavy atom. The molecule has 2 aromatic rings. The number of hydrogen-bond acceptors (Lipinski definition) is 7. The number of rotatable bonds is 5. The first-order valence-corrected chi connectivity index (χ1v) is 9.31. The van der Waals surface area contributed by atoms with Crippen molar-refractivity contribution in [2.45, 2.75) is 6.92 Å². The summed E-state index contributed by atoms with van der Waals surface area (Å²) in [6, 6.07) is 5.21. The van der Waals surface area contributed by atoms with E-state index >= 15 is 0 Å². The zero-order chi connectivity index (χ0) is 20.8. The zero-order valence-corrected chi connectivity index (χ0v) is 16.9. The first-order chi connectivity index (χ1) is 14.0. The number of benzene rings is 1. The third-order valence-corrected chi connectivity index (χ3v) is 4.76. The highest BCUT2D eigenvalue weighted by molar-refractivity contribution is 6.31. The van der Waals surface area contributed by atoms with Gasteiger partial charge in [0.25, 0.3) is 5.91 Å². The Kier molecular flexibility index (Phi) is 6.65. The molecular formula is C20H20ClN5O3. The molecule has 3 rings (SSSR count). The second-order valence-corrected chi connectivity index (χ2v) is 6.75. The highest BCUT2D eigenvalue weighted by atomic mass is 35.5. The van der Waals surface area contributed by atoms with E-state index in [-0.39, 0.29) is 5.57 Å². The number of ether oxygens (including phenoxy) is 2. The summed E-state index contributed by atoms with van der Waals surface area (Å²) >= 11 is 6.09. The van der Waals surface area contributed by atoms with Gasteiger partial charge in [0.15, 0.2) is 0 Å². The van der Waals surface area contributed by atoms with Gasteiger partial charge in [0.1, 0.15) is 17.4 Å². The quantitative estimate of drug-likeness (QED) is 0.594. The molecule has 150 valence electrons. The van der Waals surface area contributed by atoms with Crippen molar-refractivity contribution in [1.29, 1.82) is 5.26 Å². The maximum absolute atomic E-state index is 12.6. The second-order valence-electron chi connectivity index (χ2n) is 6.34. The molecule has 1 amide bonds. The predicted octanol–water partition coefficient (Wildman–Crippen LogP) is 2.83. The fraction of sp³-hybridized carbons (Fsp3) is 0.300. The molecule has 1 aliphatic rings. The van der Waals surface area contributed by atoms with Crippen molar-refractivity contribution >= 4 is 35.2 Å². The summed E-state index contributed by atoms with van der Waals surface area (Å²) < 4.78 is 10.6. The van der Waals surface area contributed by atoms with Gasteiger partial charge in [-0.05, 0) is 24.6 Å². The van der Waals surface area contributed by atoms with Crippen LogP contribution in [0.15, 0.2) is 30.1 Å². The number of aryl methyl sites for hydroxylation is 1. The van der Waals surface area contributed by atoms with Crippen LogP contribution in [0, 0.1) is 18.3 Å². The molecule has 0 bridgehead atoms. The van der Waals surface area contributed by atoms with Crippen molar-refractivity contribution in [3.63, 3.8) is 0 Å². The Labute approximate surface area is 173 Å². The van der Waals surface area contributed by atoms with E-state index in [2.05, 4.69) is 15.3 Å². The number of anilines is 2. The SMILES string of the molecule is COc1cc(Cl)c(C)cc1NC(=O)/C(C#N)=C/c1cnc(N2CCOCC2)nc1. The molecule has 0 spiro atoms. The monoisotopic (exact) mass is 413 g/mol. The van der Waals surface area contributed by atoms with Crippen LogP contribution in [0.4, 0.5) is 11.6 Å². The maximum Gasteiger partial charge on any atom is 0.266 e. The van der Waals surface area contributed by atoms with Crippen molar-refractivity contribution in [2.75, 3.05) is 43.6 Å². The molecule has 29 heavy (non-hydrogen) atoms. The minimum absolute atomic E-state index is 0.0811. The summed E-state index contributed by atoms with van der Waals surface area (Å²) in [6.45, 7) is 4.54. The lowest BCUT2D eigenvalue weighted by atomic mass is 10.1. The number of carbonyl (C=O) groups excluding carboxylic acids is 1. The number of nitrogens with one attached hydrogen (secondary N) is 1. The molecule has 1 N–H and O–H groups in total. The smallest absolute Gasteiger partial charge is 0.266 e.